The maximum Gasteiger partial charge on any atom is 0.223 e. The standard InChI is InChI=1S/C17H21N3OS/c1-12-15(11-19-16(21)13-7-9-18-10-8-13)22-17(20-12)14-5-3-2-4-6-14/h2-6,13,18H,7-11H2,1H3,(H,19,21). The van der Waals surface area contributed by atoms with E-state index < -0.39 is 0 Å². The van der Waals surface area contributed by atoms with Gasteiger partial charge in [0, 0.05) is 16.4 Å². The molecule has 2 heterocycles. The summed E-state index contributed by atoms with van der Waals surface area (Å²) in [6.07, 6.45) is 1.87. The Kier molecular flexibility index (Phi) is 4.85. The van der Waals surface area contributed by atoms with Crippen molar-refractivity contribution in [3.05, 3.63) is 40.9 Å². The van der Waals surface area contributed by atoms with Gasteiger partial charge in [0.25, 0.3) is 0 Å². The molecule has 1 aliphatic heterocycles. The molecule has 2 aromatic rings. The molecule has 1 aromatic carbocycles. The maximum absolute atomic E-state index is 12.2. The first-order valence-electron chi connectivity index (χ1n) is 7.74. The lowest BCUT2D eigenvalue weighted by Gasteiger charge is -2.21. The molecule has 1 aliphatic rings. The molecule has 0 unspecified atom stereocenters. The number of aryl methyl sites for hydroxylation is 1. The summed E-state index contributed by atoms with van der Waals surface area (Å²) in [7, 11) is 0. The van der Waals surface area contributed by atoms with Crippen molar-refractivity contribution in [1.82, 2.24) is 15.6 Å². The van der Waals surface area contributed by atoms with Crippen LogP contribution in [-0.4, -0.2) is 24.0 Å². The summed E-state index contributed by atoms with van der Waals surface area (Å²) >= 11 is 1.66. The van der Waals surface area contributed by atoms with Gasteiger partial charge in [0.05, 0.1) is 12.2 Å². The van der Waals surface area contributed by atoms with E-state index in [1.165, 1.54) is 0 Å². The predicted molar refractivity (Wildman–Crippen MR) is 89.7 cm³/mol. The molecular formula is C17H21N3OS. The first-order valence-corrected chi connectivity index (χ1v) is 8.56. The van der Waals surface area contributed by atoms with E-state index in [1.54, 1.807) is 11.3 Å². The fourth-order valence-corrected chi connectivity index (χ4v) is 3.70. The monoisotopic (exact) mass is 315 g/mol. The highest BCUT2D eigenvalue weighted by molar-refractivity contribution is 7.15. The second-order valence-corrected chi connectivity index (χ2v) is 6.72. The van der Waals surface area contributed by atoms with Crippen LogP contribution < -0.4 is 10.6 Å². The van der Waals surface area contributed by atoms with Crippen LogP contribution in [0.25, 0.3) is 10.6 Å². The van der Waals surface area contributed by atoms with Crippen molar-refractivity contribution in [3.63, 3.8) is 0 Å². The van der Waals surface area contributed by atoms with E-state index >= 15 is 0 Å². The minimum Gasteiger partial charge on any atom is -0.351 e. The summed E-state index contributed by atoms with van der Waals surface area (Å²) in [5, 5.41) is 7.38. The third-order valence-electron chi connectivity index (χ3n) is 4.05. The Hall–Kier alpha value is -1.72. The molecule has 0 saturated carbocycles. The lowest BCUT2D eigenvalue weighted by Crippen LogP contribution is -2.37. The molecule has 5 heteroatoms. The molecule has 1 amide bonds. The Morgan fingerprint density at radius 3 is 2.77 bits per heavy atom. The second-order valence-electron chi connectivity index (χ2n) is 5.64. The van der Waals surface area contributed by atoms with Crippen LogP contribution in [0, 0.1) is 12.8 Å². The van der Waals surface area contributed by atoms with Gasteiger partial charge in [-0.15, -0.1) is 11.3 Å². The van der Waals surface area contributed by atoms with Crippen molar-refractivity contribution < 1.29 is 4.79 Å². The highest BCUT2D eigenvalue weighted by Crippen LogP contribution is 2.27. The van der Waals surface area contributed by atoms with Crippen molar-refractivity contribution in [2.45, 2.75) is 26.3 Å². The van der Waals surface area contributed by atoms with Crippen molar-refractivity contribution in [1.29, 1.82) is 0 Å². The van der Waals surface area contributed by atoms with Gasteiger partial charge in [-0.1, -0.05) is 30.3 Å². The number of hydrogen-bond donors (Lipinski definition) is 2. The molecule has 1 fully saturated rings. The van der Waals surface area contributed by atoms with Gasteiger partial charge in [-0.3, -0.25) is 4.79 Å². The number of carbonyl (C=O) groups is 1. The largest absolute Gasteiger partial charge is 0.351 e. The smallest absolute Gasteiger partial charge is 0.223 e. The molecule has 22 heavy (non-hydrogen) atoms. The number of benzene rings is 1. The van der Waals surface area contributed by atoms with E-state index in [0.717, 1.165) is 47.1 Å². The zero-order chi connectivity index (χ0) is 15.4. The van der Waals surface area contributed by atoms with Crippen molar-refractivity contribution in [2.24, 2.45) is 5.92 Å². The quantitative estimate of drug-likeness (QED) is 0.912. The van der Waals surface area contributed by atoms with E-state index in [4.69, 9.17) is 0 Å². The van der Waals surface area contributed by atoms with E-state index in [9.17, 15) is 4.79 Å². The molecular weight excluding hydrogens is 294 g/mol. The van der Waals surface area contributed by atoms with E-state index in [2.05, 4.69) is 27.8 Å². The summed E-state index contributed by atoms with van der Waals surface area (Å²) in [6, 6.07) is 10.2. The Balaban J connectivity index is 1.63. The van der Waals surface area contributed by atoms with Crippen LogP contribution in [0.2, 0.25) is 0 Å². The minimum absolute atomic E-state index is 0.156. The highest BCUT2D eigenvalue weighted by atomic mass is 32.1. The number of nitrogens with one attached hydrogen (secondary N) is 2. The van der Waals surface area contributed by atoms with Gasteiger partial charge in [0.1, 0.15) is 5.01 Å². The maximum atomic E-state index is 12.2. The zero-order valence-corrected chi connectivity index (χ0v) is 13.6. The Morgan fingerprint density at radius 2 is 2.05 bits per heavy atom. The highest BCUT2D eigenvalue weighted by Gasteiger charge is 2.21. The lowest BCUT2D eigenvalue weighted by molar-refractivity contribution is -0.125. The Labute approximate surface area is 135 Å². The second kappa shape index (κ2) is 7.03. The molecule has 0 aliphatic carbocycles. The predicted octanol–water partition coefficient (Wildman–Crippen LogP) is 2.73. The fraction of sp³-hybridized carbons (Fsp3) is 0.412. The van der Waals surface area contributed by atoms with Crippen LogP contribution in [0.15, 0.2) is 30.3 Å². The fourth-order valence-electron chi connectivity index (χ4n) is 2.69. The van der Waals surface area contributed by atoms with Crippen LogP contribution >= 0.6 is 11.3 Å². The van der Waals surface area contributed by atoms with Gasteiger partial charge in [0.15, 0.2) is 0 Å². The van der Waals surface area contributed by atoms with Crippen LogP contribution in [0.3, 0.4) is 0 Å². The third-order valence-corrected chi connectivity index (χ3v) is 5.25. The molecule has 1 aromatic heterocycles. The topological polar surface area (TPSA) is 54.0 Å². The van der Waals surface area contributed by atoms with E-state index in [0.29, 0.717) is 6.54 Å². The van der Waals surface area contributed by atoms with Crippen LogP contribution in [0.5, 0.6) is 0 Å². The third kappa shape index (κ3) is 3.54. The van der Waals surface area contributed by atoms with Gasteiger partial charge >= 0.3 is 0 Å². The Morgan fingerprint density at radius 1 is 1.32 bits per heavy atom. The first-order chi connectivity index (χ1) is 10.7. The molecule has 0 bridgehead atoms. The van der Waals surface area contributed by atoms with Gasteiger partial charge < -0.3 is 10.6 Å². The molecule has 0 spiro atoms. The SMILES string of the molecule is Cc1nc(-c2ccccc2)sc1CNC(=O)C1CCNCC1. The summed E-state index contributed by atoms with van der Waals surface area (Å²) in [6.45, 7) is 4.47. The van der Waals surface area contributed by atoms with Crippen molar-refractivity contribution >= 4 is 17.2 Å². The summed E-state index contributed by atoms with van der Waals surface area (Å²) in [5.41, 5.74) is 2.14. The molecule has 0 atom stereocenters. The molecule has 2 N–H and O–H groups in total. The van der Waals surface area contributed by atoms with Crippen molar-refractivity contribution in [3.8, 4) is 10.6 Å². The average molecular weight is 315 g/mol. The van der Waals surface area contributed by atoms with Gasteiger partial charge in [-0.2, -0.15) is 0 Å². The van der Waals surface area contributed by atoms with Gasteiger partial charge in [-0.25, -0.2) is 4.98 Å². The molecule has 0 radical (unpaired) electrons. The molecule has 4 nitrogen and oxygen atoms in total. The lowest BCUT2D eigenvalue weighted by atomic mass is 9.97. The summed E-state index contributed by atoms with van der Waals surface area (Å²) < 4.78 is 0. The number of piperidine rings is 1. The van der Waals surface area contributed by atoms with E-state index in [1.807, 2.05) is 25.1 Å². The van der Waals surface area contributed by atoms with Gasteiger partial charge in [-0.05, 0) is 32.9 Å². The molecule has 116 valence electrons. The number of aromatic nitrogens is 1. The van der Waals surface area contributed by atoms with E-state index in [-0.39, 0.29) is 11.8 Å². The summed E-state index contributed by atoms with van der Waals surface area (Å²) in [4.78, 5) is 18.0. The number of hydrogen-bond acceptors (Lipinski definition) is 4. The van der Waals surface area contributed by atoms with Gasteiger partial charge in [0.2, 0.25) is 5.91 Å². The molecule has 1 saturated heterocycles. The molecule has 3 rings (SSSR count). The van der Waals surface area contributed by atoms with Crippen LogP contribution in [0.1, 0.15) is 23.4 Å². The average Bonchev–Trinajstić information content (AvgIpc) is 2.95. The number of amides is 1. The Bertz CT molecular complexity index is 633. The van der Waals surface area contributed by atoms with Crippen molar-refractivity contribution in [2.75, 3.05) is 13.1 Å². The number of carbonyl (C=O) groups excluding carboxylic acids is 1. The number of thiazole rings is 1. The normalized spacial score (nSPS) is 15.7. The minimum atomic E-state index is 0.156. The summed E-state index contributed by atoms with van der Waals surface area (Å²) in [5.74, 6) is 0.332. The van der Waals surface area contributed by atoms with Crippen LogP contribution in [0.4, 0.5) is 0 Å². The first kappa shape index (κ1) is 15.2. The number of rotatable bonds is 4. The zero-order valence-electron chi connectivity index (χ0n) is 12.8. The number of nitrogens with zero attached hydrogens (tertiary/aromatic N) is 1. The van der Waals surface area contributed by atoms with Crippen LogP contribution in [-0.2, 0) is 11.3 Å².